The van der Waals surface area contributed by atoms with Crippen LogP contribution < -0.4 is 0 Å². The first-order valence-electron chi connectivity index (χ1n) is 6.32. The van der Waals surface area contributed by atoms with Crippen molar-refractivity contribution in [1.29, 1.82) is 0 Å². The molecule has 0 N–H and O–H groups in total. The minimum atomic E-state index is -1.30. The van der Waals surface area contributed by atoms with Gasteiger partial charge in [0.05, 0.1) is 8.07 Å². The molecule has 3 heteroatoms. The van der Waals surface area contributed by atoms with E-state index in [4.69, 9.17) is 4.43 Å². The highest BCUT2D eigenvalue weighted by molar-refractivity contribution is 6.85. The molecule has 0 atom stereocenters. The second-order valence-corrected chi connectivity index (χ2v) is 15.6. The van der Waals surface area contributed by atoms with Gasteiger partial charge in [-0.05, 0) is 32.5 Å². The van der Waals surface area contributed by atoms with Crippen molar-refractivity contribution >= 4 is 16.4 Å². The van der Waals surface area contributed by atoms with Crippen LogP contribution in [0.25, 0.3) is 0 Å². The molecule has 1 nitrogen and oxygen atoms in total. The van der Waals surface area contributed by atoms with Gasteiger partial charge < -0.3 is 4.43 Å². The largest absolute Gasteiger partial charge is 0.418 e. The SMILES string of the molecule is C[Si](C)(C)OCCC[Si](C)(C)C1=CCC=C1. The van der Waals surface area contributed by atoms with Gasteiger partial charge in [-0.2, -0.15) is 0 Å². The zero-order chi connectivity index (χ0) is 12.2. The maximum Gasteiger partial charge on any atom is 0.183 e. The van der Waals surface area contributed by atoms with Crippen molar-refractivity contribution < 1.29 is 4.43 Å². The first-order valence-corrected chi connectivity index (χ1v) is 12.9. The van der Waals surface area contributed by atoms with Gasteiger partial charge in [-0.1, -0.05) is 42.6 Å². The Hall–Kier alpha value is -0.126. The van der Waals surface area contributed by atoms with Gasteiger partial charge in [-0.25, -0.2) is 0 Å². The predicted octanol–water partition coefficient (Wildman–Crippen LogP) is 4.36. The molecule has 0 fully saturated rings. The highest BCUT2D eigenvalue weighted by Crippen LogP contribution is 2.26. The first-order chi connectivity index (χ1) is 7.31. The third-order valence-electron chi connectivity index (χ3n) is 3.03. The van der Waals surface area contributed by atoms with E-state index in [-0.39, 0.29) is 0 Å². The zero-order valence-electron chi connectivity index (χ0n) is 11.5. The number of allylic oxidation sites excluding steroid dienone is 4. The molecule has 0 saturated carbocycles. The van der Waals surface area contributed by atoms with E-state index in [2.05, 4.69) is 51.0 Å². The molecule has 0 amide bonds. The normalized spacial score (nSPS) is 16.7. The van der Waals surface area contributed by atoms with Crippen molar-refractivity contribution in [1.82, 2.24) is 0 Å². The van der Waals surface area contributed by atoms with Gasteiger partial charge in [-0.3, -0.25) is 0 Å². The number of hydrogen-bond donors (Lipinski definition) is 0. The van der Waals surface area contributed by atoms with E-state index in [0.29, 0.717) is 0 Å². The summed E-state index contributed by atoms with van der Waals surface area (Å²) in [6, 6.07) is 1.35. The lowest BCUT2D eigenvalue weighted by Gasteiger charge is -2.24. The van der Waals surface area contributed by atoms with Gasteiger partial charge in [0.2, 0.25) is 0 Å². The van der Waals surface area contributed by atoms with E-state index in [1.54, 1.807) is 5.20 Å². The zero-order valence-corrected chi connectivity index (χ0v) is 13.5. The molecule has 0 aromatic carbocycles. The second kappa shape index (κ2) is 5.47. The summed E-state index contributed by atoms with van der Waals surface area (Å²) in [5.74, 6) is 0. The summed E-state index contributed by atoms with van der Waals surface area (Å²) in [5.41, 5.74) is 0. The Kier molecular flexibility index (Phi) is 4.77. The molecule has 0 bridgehead atoms. The highest BCUT2D eigenvalue weighted by Gasteiger charge is 2.25. The van der Waals surface area contributed by atoms with Gasteiger partial charge in [0, 0.05) is 6.61 Å². The Morgan fingerprint density at radius 1 is 1.19 bits per heavy atom. The summed E-state index contributed by atoms with van der Waals surface area (Å²) in [5, 5.41) is 1.64. The smallest absolute Gasteiger partial charge is 0.183 e. The summed E-state index contributed by atoms with van der Waals surface area (Å²) in [6.45, 7) is 12.7. The van der Waals surface area contributed by atoms with E-state index < -0.39 is 16.4 Å². The van der Waals surface area contributed by atoms with Crippen LogP contribution in [-0.2, 0) is 4.43 Å². The van der Waals surface area contributed by atoms with Crippen LogP contribution in [0, 0.1) is 0 Å². The average Bonchev–Trinajstić information content (AvgIpc) is 2.64. The fourth-order valence-corrected chi connectivity index (χ4v) is 5.31. The van der Waals surface area contributed by atoms with Crippen molar-refractivity contribution in [3.8, 4) is 0 Å². The van der Waals surface area contributed by atoms with Crippen LogP contribution in [-0.4, -0.2) is 23.0 Å². The molecule has 0 radical (unpaired) electrons. The quantitative estimate of drug-likeness (QED) is 0.505. The molecule has 0 aliphatic heterocycles. The molecule has 1 aliphatic rings. The molecule has 92 valence electrons. The van der Waals surface area contributed by atoms with Crippen molar-refractivity contribution in [3.63, 3.8) is 0 Å². The van der Waals surface area contributed by atoms with Crippen LogP contribution in [0.5, 0.6) is 0 Å². The molecule has 0 spiro atoms. The van der Waals surface area contributed by atoms with Crippen LogP contribution in [0.15, 0.2) is 23.4 Å². The Morgan fingerprint density at radius 3 is 2.38 bits per heavy atom. The molecule has 0 aromatic rings. The van der Waals surface area contributed by atoms with Gasteiger partial charge in [-0.15, -0.1) is 0 Å². The van der Waals surface area contributed by atoms with E-state index in [9.17, 15) is 0 Å². The molecule has 0 heterocycles. The lowest BCUT2D eigenvalue weighted by molar-refractivity contribution is 0.310. The van der Waals surface area contributed by atoms with Gasteiger partial charge in [0.1, 0.15) is 0 Å². The van der Waals surface area contributed by atoms with E-state index in [1.807, 2.05) is 0 Å². The van der Waals surface area contributed by atoms with E-state index in [0.717, 1.165) is 13.0 Å². The summed E-state index contributed by atoms with van der Waals surface area (Å²) >= 11 is 0. The predicted molar refractivity (Wildman–Crippen MR) is 78.0 cm³/mol. The van der Waals surface area contributed by atoms with Crippen LogP contribution >= 0.6 is 0 Å². The van der Waals surface area contributed by atoms with Gasteiger partial charge in [0.25, 0.3) is 0 Å². The minimum absolute atomic E-state index is 0.961. The fourth-order valence-electron chi connectivity index (χ4n) is 2.00. The van der Waals surface area contributed by atoms with Crippen molar-refractivity contribution in [2.45, 2.75) is 51.6 Å². The summed E-state index contributed by atoms with van der Waals surface area (Å²) in [7, 11) is -2.46. The Bertz CT molecular complexity index is 285. The summed E-state index contributed by atoms with van der Waals surface area (Å²) in [6.07, 6.45) is 9.41. The molecule has 0 unspecified atom stereocenters. The third-order valence-corrected chi connectivity index (χ3v) is 7.64. The topological polar surface area (TPSA) is 9.23 Å². The van der Waals surface area contributed by atoms with Crippen LogP contribution in [0.2, 0.25) is 38.8 Å². The molecule has 16 heavy (non-hydrogen) atoms. The summed E-state index contributed by atoms with van der Waals surface area (Å²) < 4.78 is 5.91. The lowest BCUT2D eigenvalue weighted by Crippen LogP contribution is -2.30. The minimum Gasteiger partial charge on any atom is -0.418 e. The van der Waals surface area contributed by atoms with Crippen molar-refractivity contribution in [2.75, 3.05) is 6.61 Å². The van der Waals surface area contributed by atoms with Crippen LogP contribution in [0.1, 0.15) is 12.8 Å². The van der Waals surface area contributed by atoms with E-state index in [1.165, 1.54) is 12.5 Å². The molecular weight excluding hydrogens is 228 g/mol. The lowest BCUT2D eigenvalue weighted by atomic mass is 10.5. The van der Waals surface area contributed by atoms with Gasteiger partial charge in [0.15, 0.2) is 8.32 Å². The monoisotopic (exact) mass is 254 g/mol. The summed E-state index contributed by atoms with van der Waals surface area (Å²) in [4.78, 5) is 0. The highest BCUT2D eigenvalue weighted by atomic mass is 28.4. The maximum absolute atomic E-state index is 5.91. The molecule has 1 aliphatic carbocycles. The Labute approximate surface area is 103 Å². The van der Waals surface area contributed by atoms with Gasteiger partial charge >= 0.3 is 0 Å². The molecular formula is C13H26OSi2. The number of rotatable bonds is 6. The van der Waals surface area contributed by atoms with Crippen LogP contribution in [0.3, 0.4) is 0 Å². The molecule has 0 aromatic heterocycles. The van der Waals surface area contributed by atoms with Crippen molar-refractivity contribution in [2.24, 2.45) is 0 Å². The first kappa shape index (κ1) is 13.9. The fraction of sp³-hybridized carbons (Fsp3) is 0.692. The average molecular weight is 255 g/mol. The Balaban J connectivity index is 2.29. The van der Waals surface area contributed by atoms with Crippen LogP contribution in [0.4, 0.5) is 0 Å². The second-order valence-electron chi connectivity index (χ2n) is 6.25. The third kappa shape index (κ3) is 4.81. The number of hydrogen-bond acceptors (Lipinski definition) is 1. The Morgan fingerprint density at radius 2 is 1.88 bits per heavy atom. The molecule has 1 rings (SSSR count). The van der Waals surface area contributed by atoms with E-state index >= 15 is 0 Å². The standard InChI is InChI=1S/C13H26OSi2/c1-15(2,3)14-11-8-12-16(4,5)13-9-6-7-10-13/h6,9-10H,7-8,11-12H2,1-5H3. The van der Waals surface area contributed by atoms with Crippen molar-refractivity contribution in [3.05, 3.63) is 23.4 Å². The maximum atomic E-state index is 5.91. The molecule has 0 saturated heterocycles.